The van der Waals surface area contributed by atoms with Gasteiger partial charge in [-0.1, -0.05) is 13.8 Å². The number of hydrogen-bond donors (Lipinski definition) is 0. The zero-order valence-electron chi connectivity index (χ0n) is 5.69. The first-order valence-electron chi connectivity index (χ1n) is 2.62. The fourth-order valence-corrected chi connectivity index (χ4v) is 0.575. The molecule has 0 amide bonds. The van der Waals surface area contributed by atoms with Crippen molar-refractivity contribution in [1.82, 2.24) is 0 Å². The van der Waals surface area contributed by atoms with Crippen molar-refractivity contribution >= 4 is 5.78 Å². The molecule has 0 spiro atoms. The second-order valence-corrected chi connectivity index (χ2v) is 2.30. The molecule has 8 heavy (non-hydrogen) atoms. The largest absolute Gasteiger partial charge is 0.412 e. The summed E-state index contributed by atoms with van der Waals surface area (Å²) in [7, 11) is 0. The lowest BCUT2D eigenvalue weighted by Crippen LogP contribution is -1.95. The van der Waals surface area contributed by atoms with Gasteiger partial charge in [-0.25, -0.2) is 0 Å². The second kappa shape index (κ2) is 4.78. The van der Waals surface area contributed by atoms with Gasteiger partial charge in [-0.05, 0) is 12.8 Å². The van der Waals surface area contributed by atoms with Crippen LogP contribution in [0.25, 0.3) is 0 Å². The Morgan fingerprint density at radius 1 is 1.50 bits per heavy atom. The molecule has 0 radical (unpaired) electrons. The number of hydrogen-bond acceptors (Lipinski definition) is 1. The second-order valence-electron chi connectivity index (χ2n) is 2.30. The lowest BCUT2D eigenvalue weighted by atomic mass is 10.1. The van der Waals surface area contributed by atoms with Crippen LogP contribution in [0.3, 0.4) is 0 Å². The minimum absolute atomic E-state index is 0. The van der Waals surface area contributed by atoms with E-state index in [2.05, 4.69) is 0 Å². The van der Waals surface area contributed by atoms with Crippen molar-refractivity contribution in [2.75, 3.05) is 0 Å². The average Bonchev–Trinajstić information content (AvgIpc) is 1.27. The van der Waals surface area contributed by atoms with Gasteiger partial charge in [0.25, 0.3) is 0 Å². The average molecular weight is 118 g/mol. The summed E-state index contributed by atoms with van der Waals surface area (Å²) < 4.78 is 0. The third kappa shape index (κ3) is 9.16. The van der Waals surface area contributed by atoms with Gasteiger partial charge < -0.3 is 10.3 Å². The SMILES string of the molecule is CC(=O)CC(C)C.O. The van der Waals surface area contributed by atoms with Crippen LogP contribution >= 0.6 is 0 Å². The van der Waals surface area contributed by atoms with Gasteiger partial charge in [0.2, 0.25) is 0 Å². The molecule has 50 valence electrons. The van der Waals surface area contributed by atoms with E-state index in [4.69, 9.17) is 0 Å². The van der Waals surface area contributed by atoms with E-state index in [-0.39, 0.29) is 11.3 Å². The maximum absolute atomic E-state index is 10.3. The van der Waals surface area contributed by atoms with Crippen LogP contribution in [0.5, 0.6) is 0 Å². The van der Waals surface area contributed by atoms with E-state index in [0.717, 1.165) is 6.42 Å². The monoisotopic (exact) mass is 118 g/mol. The van der Waals surface area contributed by atoms with Crippen LogP contribution in [-0.4, -0.2) is 11.3 Å². The molecule has 0 rings (SSSR count). The van der Waals surface area contributed by atoms with Gasteiger partial charge in [0.1, 0.15) is 5.78 Å². The highest BCUT2D eigenvalue weighted by atomic mass is 16.1. The summed E-state index contributed by atoms with van der Waals surface area (Å²) in [6.07, 6.45) is 0.722. The molecule has 0 atom stereocenters. The molecule has 2 nitrogen and oxygen atoms in total. The zero-order chi connectivity index (χ0) is 5.86. The van der Waals surface area contributed by atoms with E-state index < -0.39 is 0 Å². The smallest absolute Gasteiger partial charge is 0.130 e. The van der Waals surface area contributed by atoms with E-state index >= 15 is 0 Å². The molecule has 0 aromatic carbocycles. The molecule has 2 heteroatoms. The van der Waals surface area contributed by atoms with E-state index in [9.17, 15) is 4.79 Å². The van der Waals surface area contributed by atoms with Crippen LogP contribution in [0, 0.1) is 5.92 Å². The van der Waals surface area contributed by atoms with E-state index in [1.54, 1.807) is 6.92 Å². The summed E-state index contributed by atoms with van der Waals surface area (Å²) in [5.74, 6) is 0.813. The third-order valence-corrected chi connectivity index (χ3v) is 0.696. The Hall–Kier alpha value is -0.370. The quantitative estimate of drug-likeness (QED) is 0.529. The third-order valence-electron chi connectivity index (χ3n) is 0.696. The van der Waals surface area contributed by atoms with Crippen LogP contribution in [0.4, 0.5) is 0 Å². The summed E-state index contributed by atoms with van der Waals surface area (Å²) in [6, 6.07) is 0. The Bertz CT molecular complexity index is 66.9. The molecule has 0 bridgehead atoms. The van der Waals surface area contributed by atoms with Crippen molar-refractivity contribution in [3.8, 4) is 0 Å². The number of carbonyl (C=O) groups excluding carboxylic acids is 1. The van der Waals surface area contributed by atoms with Gasteiger partial charge in [0.05, 0.1) is 0 Å². The van der Waals surface area contributed by atoms with Crippen LogP contribution < -0.4 is 0 Å². The molecule has 0 aliphatic rings. The molecule has 0 fully saturated rings. The first-order chi connectivity index (χ1) is 3.13. The molecule has 2 N–H and O–H groups in total. The Kier molecular flexibility index (Phi) is 6.32. The highest BCUT2D eigenvalue weighted by Crippen LogP contribution is 1.97. The molecule has 0 saturated heterocycles. The number of Topliss-reactive ketones (excluding diaryl/α,β-unsaturated/α-hetero) is 1. The maximum Gasteiger partial charge on any atom is 0.130 e. The predicted octanol–water partition coefficient (Wildman–Crippen LogP) is 0.797. The Labute approximate surface area is 50.2 Å². The van der Waals surface area contributed by atoms with Gasteiger partial charge in [-0.3, -0.25) is 0 Å². The lowest BCUT2D eigenvalue weighted by molar-refractivity contribution is -0.117. The number of rotatable bonds is 2. The Balaban J connectivity index is 0. The van der Waals surface area contributed by atoms with Crippen molar-refractivity contribution in [2.24, 2.45) is 5.92 Å². The molecule has 0 unspecified atom stereocenters. The minimum Gasteiger partial charge on any atom is -0.412 e. The molecule has 0 aliphatic heterocycles. The Morgan fingerprint density at radius 2 is 1.88 bits per heavy atom. The highest BCUT2D eigenvalue weighted by Gasteiger charge is 1.95. The molecular formula is C6H14O2. The van der Waals surface area contributed by atoms with Gasteiger partial charge in [-0.2, -0.15) is 0 Å². The number of carbonyl (C=O) groups is 1. The Morgan fingerprint density at radius 3 is 1.88 bits per heavy atom. The first kappa shape index (κ1) is 10.6. The first-order valence-corrected chi connectivity index (χ1v) is 2.62. The van der Waals surface area contributed by atoms with Crippen LogP contribution in [0.2, 0.25) is 0 Å². The van der Waals surface area contributed by atoms with E-state index in [0.29, 0.717) is 5.92 Å². The van der Waals surface area contributed by atoms with Crippen LogP contribution in [-0.2, 0) is 4.79 Å². The molecule has 0 aliphatic carbocycles. The molecular weight excluding hydrogens is 104 g/mol. The van der Waals surface area contributed by atoms with Gasteiger partial charge in [0.15, 0.2) is 0 Å². The van der Waals surface area contributed by atoms with Crippen molar-refractivity contribution < 1.29 is 10.3 Å². The van der Waals surface area contributed by atoms with Crippen molar-refractivity contribution in [1.29, 1.82) is 0 Å². The summed E-state index contributed by atoms with van der Waals surface area (Å²) >= 11 is 0. The van der Waals surface area contributed by atoms with Crippen LogP contribution in [0.15, 0.2) is 0 Å². The fraction of sp³-hybridized carbons (Fsp3) is 0.833. The summed E-state index contributed by atoms with van der Waals surface area (Å²) in [6.45, 7) is 5.71. The summed E-state index contributed by atoms with van der Waals surface area (Å²) in [4.78, 5) is 10.3. The van der Waals surface area contributed by atoms with Gasteiger partial charge >= 0.3 is 0 Å². The predicted molar refractivity (Wildman–Crippen MR) is 33.7 cm³/mol. The molecule has 0 heterocycles. The minimum atomic E-state index is 0. The van der Waals surface area contributed by atoms with E-state index in [1.807, 2.05) is 13.8 Å². The van der Waals surface area contributed by atoms with E-state index in [1.165, 1.54) is 0 Å². The van der Waals surface area contributed by atoms with Gasteiger partial charge in [0, 0.05) is 6.42 Å². The summed E-state index contributed by atoms with van der Waals surface area (Å²) in [5, 5.41) is 0. The molecule has 0 aromatic rings. The standard InChI is InChI=1S/C6H12O.H2O/c1-5(2)4-6(3)7;/h5H,4H2,1-3H3;1H2. The van der Waals surface area contributed by atoms with Gasteiger partial charge in [-0.15, -0.1) is 0 Å². The lowest BCUT2D eigenvalue weighted by Gasteiger charge is -1.95. The van der Waals surface area contributed by atoms with Crippen LogP contribution in [0.1, 0.15) is 27.2 Å². The topological polar surface area (TPSA) is 48.6 Å². The number of ketones is 1. The molecule has 0 saturated carbocycles. The fourth-order valence-electron chi connectivity index (χ4n) is 0.575. The normalized spacial score (nSPS) is 8.50. The van der Waals surface area contributed by atoms with Crippen molar-refractivity contribution in [3.63, 3.8) is 0 Å². The zero-order valence-corrected chi connectivity index (χ0v) is 5.69. The highest BCUT2D eigenvalue weighted by molar-refractivity contribution is 5.75. The summed E-state index contributed by atoms with van der Waals surface area (Å²) in [5.41, 5.74) is 0. The van der Waals surface area contributed by atoms with Crippen molar-refractivity contribution in [3.05, 3.63) is 0 Å². The molecule has 0 aromatic heterocycles. The maximum atomic E-state index is 10.3. The van der Waals surface area contributed by atoms with Crippen molar-refractivity contribution in [2.45, 2.75) is 27.2 Å².